The van der Waals surface area contributed by atoms with Crippen molar-refractivity contribution < 1.29 is 8.42 Å². The van der Waals surface area contributed by atoms with Crippen LogP contribution in [0.3, 0.4) is 0 Å². The van der Waals surface area contributed by atoms with Gasteiger partial charge in [-0.2, -0.15) is 17.4 Å². The van der Waals surface area contributed by atoms with Gasteiger partial charge in [0.1, 0.15) is 0 Å². The lowest BCUT2D eigenvalue weighted by Crippen LogP contribution is -2.51. The molecule has 94 valence electrons. The lowest BCUT2D eigenvalue weighted by Gasteiger charge is -2.26. The summed E-state index contributed by atoms with van der Waals surface area (Å²) in [7, 11) is -3.23. The molecule has 2 atom stereocenters. The molecule has 0 spiro atoms. The Bertz CT molecular complexity index is 325. The minimum Gasteiger partial charge on any atom is -0.314 e. The van der Waals surface area contributed by atoms with Gasteiger partial charge in [-0.3, -0.25) is 0 Å². The van der Waals surface area contributed by atoms with E-state index in [1.807, 2.05) is 0 Å². The van der Waals surface area contributed by atoms with Crippen LogP contribution in [0.5, 0.6) is 0 Å². The molecule has 2 fully saturated rings. The molecule has 2 N–H and O–H groups in total. The van der Waals surface area contributed by atoms with Gasteiger partial charge in [-0.05, 0) is 18.8 Å². The van der Waals surface area contributed by atoms with Crippen LogP contribution in [0, 0.1) is 5.92 Å². The van der Waals surface area contributed by atoms with Gasteiger partial charge < -0.3 is 5.32 Å². The first-order chi connectivity index (χ1) is 7.63. The Morgan fingerprint density at radius 1 is 1.38 bits per heavy atom. The zero-order valence-electron chi connectivity index (χ0n) is 9.78. The van der Waals surface area contributed by atoms with Crippen molar-refractivity contribution in [2.45, 2.75) is 32.2 Å². The van der Waals surface area contributed by atoms with E-state index in [2.05, 4.69) is 17.0 Å². The molecule has 0 amide bonds. The quantitative estimate of drug-likeness (QED) is 0.714. The molecule has 1 aliphatic carbocycles. The maximum atomic E-state index is 12.0. The lowest BCUT2D eigenvalue weighted by molar-refractivity contribution is 0.354. The monoisotopic (exact) mass is 247 g/mol. The van der Waals surface area contributed by atoms with Gasteiger partial charge >= 0.3 is 0 Å². The second-order valence-electron chi connectivity index (χ2n) is 4.66. The Kier molecular flexibility index (Phi) is 3.84. The van der Waals surface area contributed by atoms with Gasteiger partial charge in [0, 0.05) is 32.2 Å². The standard InChI is InChI=1S/C10H21N3O2S/c1-2-3-9-8-10(9)12-16(14,15)13-6-4-11-5-7-13/h9-12H,2-8H2,1H3. The fourth-order valence-corrected chi connectivity index (χ4v) is 3.72. The van der Waals surface area contributed by atoms with Crippen LogP contribution in [0.2, 0.25) is 0 Å². The molecular weight excluding hydrogens is 226 g/mol. The molecule has 0 aromatic rings. The fraction of sp³-hybridized carbons (Fsp3) is 1.00. The van der Waals surface area contributed by atoms with Gasteiger partial charge in [-0.15, -0.1) is 0 Å². The fourth-order valence-electron chi connectivity index (χ4n) is 2.23. The highest BCUT2D eigenvalue weighted by molar-refractivity contribution is 7.87. The number of nitrogens with zero attached hydrogens (tertiary/aromatic N) is 1. The topological polar surface area (TPSA) is 61.4 Å². The van der Waals surface area contributed by atoms with Crippen LogP contribution in [0.25, 0.3) is 0 Å². The van der Waals surface area contributed by atoms with E-state index >= 15 is 0 Å². The summed E-state index contributed by atoms with van der Waals surface area (Å²) < 4.78 is 28.3. The minimum absolute atomic E-state index is 0.194. The summed E-state index contributed by atoms with van der Waals surface area (Å²) in [5.41, 5.74) is 0. The molecular formula is C10H21N3O2S. The zero-order chi connectivity index (χ0) is 11.6. The van der Waals surface area contributed by atoms with Crippen molar-refractivity contribution in [1.82, 2.24) is 14.3 Å². The molecule has 1 aliphatic heterocycles. The van der Waals surface area contributed by atoms with Crippen LogP contribution in [0.1, 0.15) is 26.2 Å². The summed E-state index contributed by atoms with van der Waals surface area (Å²) in [5, 5.41) is 3.15. The van der Waals surface area contributed by atoms with E-state index in [0.717, 1.165) is 32.4 Å². The molecule has 0 bridgehead atoms. The Morgan fingerprint density at radius 3 is 2.69 bits per heavy atom. The molecule has 0 aromatic carbocycles. The van der Waals surface area contributed by atoms with Crippen molar-refractivity contribution in [3.05, 3.63) is 0 Å². The second-order valence-corrected chi connectivity index (χ2v) is 6.37. The number of hydrogen-bond donors (Lipinski definition) is 2. The largest absolute Gasteiger partial charge is 0.314 e. The Balaban J connectivity index is 1.83. The molecule has 5 nitrogen and oxygen atoms in total. The number of rotatable bonds is 5. The highest BCUT2D eigenvalue weighted by Crippen LogP contribution is 2.35. The molecule has 1 saturated heterocycles. The zero-order valence-corrected chi connectivity index (χ0v) is 10.6. The first-order valence-electron chi connectivity index (χ1n) is 6.11. The minimum atomic E-state index is -3.23. The predicted octanol–water partition coefficient (Wildman–Crippen LogP) is -0.0854. The summed E-state index contributed by atoms with van der Waals surface area (Å²) in [5.74, 6) is 0.572. The first kappa shape index (κ1) is 12.3. The Morgan fingerprint density at radius 2 is 2.06 bits per heavy atom. The molecule has 6 heteroatoms. The molecule has 0 radical (unpaired) electrons. The lowest BCUT2D eigenvalue weighted by atomic mass is 10.2. The number of piperazine rings is 1. The van der Waals surface area contributed by atoms with Gasteiger partial charge in [0.15, 0.2) is 0 Å². The van der Waals surface area contributed by atoms with Crippen molar-refractivity contribution >= 4 is 10.2 Å². The van der Waals surface area contributed by atoms with E-state index in [-0.39, 0.29) is 6.04 Å². The summed E-state index contributed by atoms with van der Waals surface area (Å²) in [6.07, 6.45) is 3.28. The predicted molar refractivity (Wildman–Crippen MR) is 63.3 cm³/mol. The van der Waals surface area contributed by atoms with Crippen molar-refractivity contribution in [3.8, 4) is 0 Å². The van der Waals surface area contributed by atoms with Crippen LogP contribution in [-0.4, -0.2) is 44.9 Å². The van der Waals surface area contributed by atoms with E-state index in [1.54, 1.807) is 4.31 Å². The summed E-state index contributed by atoms with van der Waals surface area (Å²) in [6.45, 7) is 4.81. The molecule has 1 saturated carbocycles. The number of nitrogens with one attached hydrogen (secondary N) is 2. The van der Waals surface area contributed by atoms with E-state index < -0.39 is 10.2 Å². The van der Waals surface area contributed by atoms with Crippen LogP contribution in [0.15, 0.2) is 0 Å². The van der Waals surface area contributed by atoms with E-state index in [0.29, 0.717) is 19.0 Å². The van der Waals surface area contributed by atoms with Crippen molar-refractivity contribution in [1.29, 1.82) is 0 Å². The maximum Gasteiger partial charge on any atom is 0.279 e. The average molecular weight is 247 g/mol. The third-order valence-electron chi connectivity index (χ3n) is 3.30. The van der Waals surface area contributed by atoms with Crippen molar-refractivity contribution in [3.63, 3.8) is 0 Å². The van der Waals surface area contributed by atoms with E-state index in [9.17, 15) is 8.42 Å². The Hall–Kier alpha value is -0.170. The third kappa shape index (κ3) is 2.94. The van der Waals surface area contributed by atoms with Gasteiger partial charge in [-0.1, -0.05) is 13.3 Å². The summed E-state index contributed by atoms with van der Waals surface area (Å²) >= 11 is 0. The maximum absolute atomic E-state index is 12.0. The molecule has 2 aliphatic rings. The first-order valence-corrected chi connectivity index (χ1v) is 7.55. The Labute approximate surface area is 97.8 Å². The van der Waals surface area contributed by atoms with Crippen molar-refractivity contribution in [2.24, 2.45) is 5.92 Å². The van der Waals surface area contributed by atoms with Gasteiger partial charge in [0.2, 0.25) is 0 Å². The normalized spacial score (nSPS) is 31.6. The van der Waals surface area contributed by atoms with Crippen LogP contribution < -0.4 is 10.0 Å². The second kappa shape index (κ2) is 5.00. The SMILES string of the molecule is CCCC1CC1NS(=O)(=O)N1CCNCC1. The molecule has 1 heterocycles. The van der Waals surface area contributed by atoms with Gasteiger partial charge in [-0.25, -0.2) is 0 Å². The average Bonchev–Trinajstić information content (AvgIpc) is 2.97. The van der Waals surface area contributed by atoms with E-state index in [1.165, 1.54) is 0 Å². The molecule has 16 heavy (non-hydrogen) atoms. The van der Waals surface area contributed by atoms with Gasteiger partial charge in [0.25, 0.3) is 10.2 Å². The summed E-state index contributed by atoms with van der Waals surface area (Å²) in [6, 6.07) is 0.194. The molecule has 0 aromatic heterocycles. The van der Waals surface area contributed by atoms with Crippen LogP contribution in [0.4, 0.5) is 0 Å². The van der Waals surface area contributed by atoms with E-state index in [4.69, 9.17) is 0 Å². The van der Waals surface area contributed by atoms with Crippen LogP contribution >= 0.6 is 0 Å². The van der Waals surface area contributed by atoms with Crippen molar-refractivity contribution in [2.75, 3.05) is 26.2 Å². The highest BCUT2D eigenvalue weighted by Gasteiger charge is 2.40. The van der Waals surface area contributed by atoms with Crippen LogP contribution in [-0.2, 0) is 10.2 Å². The summed E-state index contributed by atoms with van der Waals surface area (Å²) in [4.78, 5) is 0. The molecule has 2 rings (SSSR count). The smallest absolute Gasteiger partial charge is 0.279 e. The highest BCUT2D eigenvalue weighted by atomic mass is 32.2. The van der Waals surface area contributed by atoms with Gasteiger partial charge in [0.05, 0.1) is 0 Å². The molecule has 2 unspecified atom stereocenters. The number of hydrogen-bond acceptors (Lipinski definition) is 3. The third-order valence-corrected chi connectivity index (χ3v) is 4.94.